The Balaban J connectivity index is 1.44. The molecule has 1 N–H and O–H groups in total. The maximum atomic E-state index is 13.2. The average Bonchev–Trinajstić information content (AvgIpc) is 3.18. The predicted molar refractivity (Wildman–Crippen MR) is 113 cm³/mol. The van der Waals surface area contributed by atoms with Gasteiger partial charge in [0, 0.05) is 16.9 Å². The third kappa shape index (κ3) is 4.44. The zero-order valence-corrected chi connectivity index (χ0v) is 17.2. The zero-order valence-electron chi connectivity index (χ0n) is 16.4. The van der Waals surface area contributed by atoms with E-state index in [1.54, 1.807) is 30.0 Å². The standard InChI is InChI=1S/C22H21FN2O4S/c1-2-28-21(26)20-12-15-11-17(7-8-19(15)30-20)24-22(27)25-9-10-29-18(13-25)14-3-5-16(23)6-4-14/h3-8,11-12,18H,2,9-10,13H2,1H3,(H,24,27). The van der Waals surface area contributed by atoms with Gasteiger partial charge in [-0.2, -0.15) is 0 Å². The van der Waals surface area contributed by atoms with Crippen LogP contribution in [0.3, 0.4) is 0 Å². The summed E-state index contributed by atoms with van der Waals surface area (Å²) in [5.41, 5.74) is 1.48. The minimum atomic E-state index is -0.343. The Hall–Kier alpha value is -2.97. The molecule has 1 fully saturated rings. The molecule has 0 saturated carbocycles. The van der Waals surface area contributed by atoms with Gasteiger partial charge in [-0.3, -0.25) is 0 Å². The van der Waals surface area contributed by atoms with Gasteiger partial charge in [0.2, 0.25) is 0 Å². The van der Waals surface area contributed by atoms with Gasteiger partial charge in [0.25, 0.3) is 0 Å². The molecule has 156 valence electrons. The van der Waals surface area contributed by atoms with Crippen LogP contribution in [0.4, 0.5) is 14.9 Å². The first-order chi connectivity index (χ1) is 14.5. The molecule has 30 heavy (non-hydrogen) atoms. The number of halogens is 1. The summed E-state index contributed by atoms with van der Waals surface area (Å²) >= 11 is 1.36. The Morgan fingerprint density at radius 1 is 1.23 bits per heavy atom. The molecule has 1 unspecified atom stereocenters. The Bertz CT molecular complexity index is 1070. The molecule has 1 atom stereocenters. The molecule has 2 aromatic carbocycles. The van der Waals surface area contributed by atoms with Crippen molar-refractivity contribution in [2.75, 3.05) is 31.6 Å². The summed E-state index contributed by atoms with van der Waals surface area (Å²) < 4.78 is 24.9. The maximum absolute atomic E-state index is 13.2. The molecule has 1 aliphatic heterocycles. The molecule has 0 spiro atoms. The first kappa shape index (κ1) is 20.3. The number of esters is 1. The van der Waals surface area contributed by atoms with Crippen molar-refractivity contribution in [3.8, 4) is 0 Å². The molecule has 1 saturated heterocycles. The van der Waals surface area contributed by atoms with Crippen LogP contribution in [-0.4, -0.2) is 43.2 Å². The van der Waals surface area contributed by atoms with Crippen LogP contribution in [0, 0.1) is 5.82 Å². The van der Waals surface area contributed by atoms with Gasteiger partial charge in [0.15, 0.2) is 0 Å². The van der Waals surface area contributed by atoms with E-state index >= 15 is 0 Å². The second kappa shape index (κ2) is 8.81. The number of thiophene rings is 1. The Morgan fingerprint density at radius 2 is 2.03 bits per heavy atom. The molecule has 0 aliphatic carbocycles. The number of carbonyl (C=O) groups is 2. The van der Waals surface area contributed by atoms with Crippen LogP contribution >= 0.6 is 11.3 Å². The van der Waals surface area contributed by atoms with Gasteiger partial charge in [-0.15, -0.1) is 11.3 Å². The molecule has 8 heteroatoms. The van der Waals surface area contributed by atoms with E-state index < -0.39 is 0 Å². The quantitative estimate of drug-likeness (QED) is 0.605. The Morgan fingerprint density at radius 3 is 2.80 bits per heavy atom. The molecular weight excluding hydrogens is 407 g/mol. The average molecular weight is 428 g/mol. The lowest BCUT2D eigenvalue weighted by Crippen LogP contribution is -2.44. The van der Waals surface area contributed by atoms with Gasteiger partial charge in [0.05, 0.1) is 19.8 Å². The molecule has 1 aliphatic rings. The normalized spacial score (nSPS) is 16.5. The van der Waals surface area contributed by atoms with E-state index in [1.807, 2.05) is 18.2 Å². The number of anilines is 1. The van der Waals surface area contributed by atoms with Crippen LogP contribution in [0.1, 0.15) is 28.3 Å². The molecule has 4 rings (SSSR count). The number of amides is 2. The SMILES string of the molecule is CCOC(=O)c1cc2cc(NC(=O)N3CCOC(c4ccc(F)cc4)C3)ccc2s1. The molecule has 0 radical (unpaired) electrons. The summed E-state index contributed by atoms with van der Waals surface area (Å²) in [7, 11) is 0. The number of ether oxygens (including phenoxy) is 2. The van der Waals surface area contributed by atoms with Crippen molar-refractivity contribution in [3.05, 3.63) is 64.8 Å². The van der Waals surface area contributed by atoms with E-state index in [0.29, 0.717) is 36.9 Å². The highest BCUT2D eigenvalue weighted by Crippen LogP contribution is 2.29. The number of carbonyl (C=O) groups excluding carboxylic acids is 2. The Labute approximate surface area is 177 Å². The third-order valence-corrected chi connectivity index (χ3v) is 5.94. The molecule has 6 nitrogen and oxygen atoms in total. The van der Waals surface area contributed by atoms with Crippen molar-refractivity contribution in [2.24, 2.45) is 0 Å². The van der Waals surface area contributed by atoms with Crippen LogP contribution in [0.25, 0.3) is 10.1 Å². The van der Waals surface area contributed by atoms with Gasteiger partial charge in [-0.25, -0.2) is 14.0 Å². The van der Waals surface area contributed by atoms with Gasteiger partial charge < -0.3 is 19.7 Å². The lowest BCUT2D eigenvalue weighted by molar-refractivity contribution is -0.0135. The number of morpholine rings is 1. The summed E-state index contributed by atoms with van der Waals surface area (Å²) in [6.45, 7) is 3.35. The monoisotopic (exact) mass is 428 g/mol. The number of hydrogen-bond acceptors (Lipinski definition) is 5. The summed E-state index contributed by atoms with van der Waals surface area (Å²) in [5, 5.41) is 3.78. The summed E-state index contributed by atoms with van der Waals surface area (Å²) in [6, 6.07) is 13.2. The largest absolute Gasteiger partial charge is 0.462 e. The van der Waals surface area contributed by atoms with Crippen molar-refractivity contribution in [1.82, 2.24) is 4.90 Å². The fourth-order valence-electron chi connectivity index (χ4n) is 3.34. The molecule has 2 heterocycles. The van der Waals surface area contributed by atoms with Gasteiger partial charge in [-0.1, -0.05) is 12.1 Å². The van der Waals surface area contributed by atoms with E-state index in [9.17, 15) is 14.0 Å². The second-order valence-electron chi connectivity index (χ2n) is 6.87. The zero-order chi connectivity index (χ0) is 21.1. The lowest BCUT2D eigenvalue weighted by Gasteiger charge is -2.33. The van der Waals surface area contributed by atoms with Crippen molar-refractivity contribution < 1.29 is 23.5 Å². The van der Waals surface area contributed by atoms with Gasteiger partial charge >= 0.3 is 12.0 Å². The third-order valence-electron chi connectivity index (χ3n) is 4.84. The van der Waals surface area contributed by atoms with E-state index in [1.165, 1.54) is 23.5 Å². The first-order valence-electron chi connectivity index (χ1n) is 9.67. The highest BCUT2D eigenvalue weighted by Gasteiger charge is 2.25. The van der Waals surface area contributed by atoms with E-state index in [4.69, 9.17) is 9.47 Å². The first-order valence-corrected chi connectivity index (χ1v) is 10.5. The number of rotatable bonds is 4. The summed E-state index contributed by atoms with van der Waals surface area (Å²) in [6.07, 6.45) is -0.295. The fourth-order valence-corrected chi connectivity index (χ4v) is 4.28. The van der Waals surface area contributed by atoms with Crippen molar-refractivity contribution in [1.29, 1.82) is 0 Å². The predicted octanol–water partition coefficient (Wildman–Crippen LogP) is 4.82. The van der Waals surface area contributed by atoms with E-state index in [0.717, 1.165) is 15.6 Å². The van der Waals surface area contributed by atoms with E-state index in [2.05, 4.69) is 5.32 Å². The van der Waals surface area contributed by atoms with Crippen LogP contribution in [-0.2, 0) is 9.47 Å². The highest BCUT2D eigenvalue weighted by atomic mass is 32.1. The van der Waals surface area contributed by atoms with Gasteiger partial charge in [-0.05, 0) is 54.3 Å². The number of urea groups is 1. The minimum Gasteiger partial charge on any atom is -0.462 e. The van der Waals surface area contributed by atoms with Crippen LogP contribution < -0.4 is 5.32 Å². The topological polar surface area (TPSA) is 67.9 Å². The number of nitrogens with one attached hydrogen (secondary N) is 1. The summed E-state index contributed by atoms with van der Waals surface area (Å²) in [5.74, 6) is -0.650. The van der Waals surface area contributed by atoms with Crippen molar-refractivity contribution in [2.45, 2.75) is 13.0 Å². The number of nitrogens with zero attached hydrogens (tertiary/aromatic N) is 1. The lowest BCUT2D eigenvalue weighted by atomic mass is 10.1. The molecule has 3 aromatic rings. The number of fused-ring (bicyclic) bond motifs is 1. The minimum absolute atomic E-state index is 0.231. The number of hydrogen-bond donors (Lipinski definition) is 1. The maximum Gasteiger partial charge on any atom is 0.348 e. The molecular formula is C22H21FN2O4S. The van der Waals surface area contributed by atoms with Crippen LogP contribution in [0.2, 0.25) is 0 Å². The molecule has 2 amide bonds. The van der Waals surface area contributed by atoms with E-state index in [-0.39, 0.29) is 23.9 Å². The smallest absolute Gasteiger partial charge is 0.348 e. The number of benzene rings is 2. The van der Waals surface area contributed by atoms with Crippen molar-refractivity contribution in [3.63, 3.8) is 0 Å². The molecule has 0 bridgehead atoms. The van der Waals surface area contributed by atoms with Crippen LogP contribution in [0.5, 0.6) is 0 Å². The fraction of sp³-hybridized carbons (Fsp3) is 0.273. The highest BCUT2D eigenvalue weighted by molar-refractivity contribution is 7.20. The van der Waals surface area contributed by atoms with Crippen LogP contribution in [0.15, 0.2) is 48.5 Å². The van der Waals surface area contributed by atoms with Crippen molar-refractivity contribution >= 4 is 39.1 Å². The molecule has 1 aromatic heterocycles. The summed E-state index contributed by atoms with van der Waals surface area (Å²) in [4.78, 5) is 26.9. The second-order valence-corrected chi connectivity index (χ2v) is 7.95. The Kier molecular flexibility index (Phi) is 5.96. The van der Waals surface area contributed by atoms with Gasteiger partial charge in [0.1, 0.15) is 16.8 Å².